The number of aliphatic hydroxyl groups is 2. The molecule has 0 aromatic heterocycles. The van der Waals surface area contributed by atoms with Crippen molar-refractivity contribution in [3.05, 3.63) is 0 Å². The first kappa shape index (κ1) is 26.0. The largest absolute Gasteiger partial charge is 0.379 e. The second-order valence-corrected chi connectivity index (χ2v) is 5.74. The van der Waals surface area contributed by atoms with Gasteiger partial charge < -0.3 is 29.2 Å². The molecule has 0 heterocycles. The lowest BCUT2D eigenvalue weighted by Gasteiger charge is -2.23. The molecule has 148 valence electrons. The van der Waals surface area contributed by atoms with Gasteiger partial charge in [-0.1, -0.05) is 40.0 Å². The van der Waals surface area contributed by atoms with Crippen LogP contribution in [0, 0.1) is 0 Å². The molecule has 0 fully saturated rings. The highest BCUT2D eigenvalue weighted by molar-refractivity contribution is 4.44. The van der Waals surface area contributed by atoms with Crippen LogP contribution >= 0.6 is 0 Å². The van der Waals surface area contributed by atoms with E-state index in [-0.39, 0.29) is 0 Å². The standard InChI is InChI=1S/C10H22O3.C8H18O3/c1-4-6-8-12-10(3,11)13-9-7-5-2;1-3-4-5-10-6-7-11-8(2)9/h11H,4-9H2,1-3H3;8-9H,3-7H2,1-2H3. The van der Waals surface area contributed by atoms with Gasteiger partial charge in [0.2, 0.25) is 0 Å². The first-order valence-corrected chi connectivity index (χ1v) is 9.27. The zero-order valence-corrected chi connectivity index (χ0v) is 16.4. The molecule has 0 aromatic carbocycles. The summed E-state index contributed by atoms with van der Waals surface area (Å²) in [6.45, 7) is 12.4. The normalized spacial score (nSPS) is 12.6. The summed E-state index contributed by atoms with van der Waals surface area (Å²) in [5, 5.41) is 18.2. The second-order valence-electron chi connectivity index (χ2n) is 5.74. The maximum absolute atomic E-state index is 9.52. The molecule has 0 aliphatic rings. The summed E-state index contributed by atoms with van der Waals surface area (Å²) in [7, 11) is 0. The molecule has 0 rings (SSSR count). The van der Waals surface area contributed by atoms with Gasteiger partial charge in [0, 0.05) is 13.5 Å². The van der Waals surface area contributed by atoms with Crippen molar-refractivity contribution in [2.75, 3.05) is 33.0 Å². The molecular weight excluding hydrogens is 312 g/mol. The number of unbranched alkanes of at least 4 members (excludes halogenated alkanes) is 3. The van der Waals surface area contributed by atoms with Crippen LogP contribution in [0.15, 0.2) is 0 Å². The van der Waals surface area contributed by atoms with E-state index in [9.17, 15) is 5.11 Å². The Labute approximate surface area is 148 Å². The molecular formula is C18H40O6. The minimum absolute atomic E-state index is 0.474. The molecule has 0 aliphatic heterocycles. The van der Waals surface area contributed by atoms with E-state index in [0.717, 1.165) is 45.1 Å². The Morgan fingerprint density at radius 2 is 1.25 bits per heavy atom. The Morgan fingerprint density at radius 1 is 0.792 bits per heavy atom. The molecule has 1 atom stereocenters. The molecule has 0 aromatic rings. The summed E-state index contributed by atoms with van der Waals surface area (Å²) in [5.41, 5.74) is 0. The van der Waals surface area contributed by atoms with Crippen molar-refractivity contribution in [1.82, 2.24) is 0 Å². The van der Waals surface area contributed by atoms with E-state index >= 15 is 0 Å². The van der Waals surface area contributed by atoms with E-state index < -0.39 is 12.3 Å². The van der Waals surface area contributed by atoms with E-state index in [1.165, 1.54) is 0 Å². The summed E-state index contributed by atoms with van der Waals surface area (Å²) in [6.07, 6.45) is 5.59. The Balaban J connectivity index is 0. The lowest BCUT2D eigenvalue weighted by molar-refractivity contribution is -0.349. The molecule has 0 saturated carbocycles. The zero-order chi connectivity index (χ0) is 18.7. The summed E-state index contributed by atoms with van der Waals surface area (Å²) < 4.78 is 20.3. The predicted molar refractivity (Wildman–Crippen MR) is 95.7 cm³/mol. The fourth-order valence-corrected chi connectivity index (χ4v) is 1.48. The molecule has 2 N–H and O–H groups in total. The third-order valence-electron chi connectivity index (χ3n) is 2.96. The van der Waals surface area contributed by atoms with Crippen LogP contribution < -0.4 is 0 Å². The van der Waals surface area contributed by atoms with Crippen molar-refractivity contribution >= 4 is 0 Å². The molecule has 0 spiro atoms. The Hall–Kier alpha value is -0.240. The third kappa shape index (κ3) is 24.0. The molecule has 6 nitrogen and oxygen atoms in total. The maximum atomic E-state index is 9.52. The second kappa shape index (κ2) is 19.1. The molecule has 0 bridgehead atoms. The van der Waals surface area contributed by atoms with Crippen LogP contribution in [0.4, 0.5) is 0 Å². The highest BCUT2D eigenvalue weighted by atomic mass is 16.8. The van der Waals surface area contributed by atoms with Crippen LogP contribution in [0.3, 0.4) is 0 Å². The molecule has 0 amide bonds. The maximum Gasteiger partial charge on any atom is 0.277 e. The number of ether oxygens (including phenoxy) is 4. The van der Waals surface area contributed by atoms with Crippen molar-refractivity contribution in [1.29, 1.82) is 0 Å². The summed E-state index contributed by atoms with van der Waals surface area (Å²) >= 11 is 0. The van der Waals surface area contributed by atoms with Crippen molar-refractivity contribution in [2.45, 2.75) is 85.4 Å². The van der Waals surface area contributed by atoms with Crippen LogP contribution in [0.25, 0.3) is 0 Å². The predicted octanol–water partition coefficient (Wildman–Crippen LogP) is 3.44. The smallest absolute Gasteiger partial charge is 0.277 e. The minimum Gasteiger partial charge on any atom is -0.379 e. The van der Waals surface area contributed by atoms with Crippen molar-refractivity contribution < 1.29 is 29.2 Å². The number of hydrogen-bond donors (Lipinski definition) is 2. The lowest BCUT2D eigenvalue weighted by atomic mass is 10.3. The zero-order valence-electron chi connectivity index (χ0n) is 16.4. The third-order valence-corrected chi connectivity index (χ3v) is 2.96. The first-order chi connectivity index (χ1) is 11.4. The summed E-state index contributed by atoms with van der Waals surface area (Å²) in [6, 6.07) is 0. The van der Waals surface area contributed by atoms with E-state index in [4.69, 9.17) is 24.1 Å². The molecule has 0 aliphatic carbocycles. The van der Waals surface area contributed by atoms with Crippen molar-refractivity contribution in [3.8, 4) is 0 Å². The van der Waals surface area contributed by atoms with Crippen LogP contribution in [-0.4, -0.2) is 55.5 Å². The monoisotopic (exact) mass is 352 g/mol. The minimum atomic E-state index is -1.40. The topological polar surface area (TPSA) is 77.4 Å². The van der Waals surface area contributed by atoms with Crippen LogP contribution in [0.1, 0.15) is 73.1 Å². The average Bonchev–Trinajstić information content (AvgIpc) is 2.51. The summed E-state index contributed by atoms with van der Waals surface area (Å²) in [4.78, 5) is 0. The number of aliphatic hydroxyl groups excluding tert-OH is 1. The van der Waals surface area contributed by atoms with Crippen molar-refractivity contribution in [2.24, 2.45) is 0 Å². The van der Waals surface area contributed by atoms with Gasteiger partial charge in [0.1, 0.15) is 0 Å². The average molecular weight is 353 g/mol. The lowest BCUT2D eigenvalue weighted by Crippen LogP contribution is -2.32. The van der Waals surface area contributed by atoms with Gasteiger partial charge in [-0.3, -0.25) is 0 Å². The highest BCUT2D eigenvalue weighted by Gasteiger charge is 2.20. The fraction of sp³-hybridized carbons (Fsp3) is 1.00. The molecule has 1 unspecified atom stereocenters. The van der Waals surface area contributed by atoms with Gasteiger partial charge in [0.05, 0.1) is 26.4 Å². The van der Waals surface area contributed by atoms with E-state index in [1.54, 1.807) is 13.8 Å². The molecule has 6 heteroatoms. The molecule has 0 radical (unpaired) electrons. The van der Waals surface area contributed by atoms with Crippen LogP contribution in [0.5, 0.6) is 0 Å². The van der Waals surface area contributed by atoms with Crippen LogP contribution in [0.2, 0.25) is 0 Å². The van der Waals surface area contributed by atoms with Gasteiger partial charge >= 0.3 is 0 Å². The van der Waals surface area contributed by atoms with Gasteiger partial charge in [0.15, 0.2) is 6.29 Å². The van der Waals surface area contributed by atoms with Gasteiger partial charge in [-0.2, -0.15) is 0 Å². The van der Waals surface area contributed by atoms with E-state index in [0.29, 0.717) is 26.4 Å². The van der Waals surface area contributed by atoms with Crippen molar-refractivity contribution in [3.63, 3.8) is 0 Å². The number of hydrogen-bond acceptors (Lipinski definition) is 6. The Kier molecular flexibility index (Phi) is 20.7. The van der Waals surface area contributed by atoms with Gasteiger partial charge in [0.25, 0.3) is 5.97 Å². The van der Waals surface area contributed by atoms with E-state index in [2.05, 4.69) is 20.8 Å². The Morgan fingerprint density at radius 3 is 1.67 bits per heavy atom. The van der Waals surface area contributed by atoms with Gasteiger partial charge in [-0.05, 0) is 26.2 Å². The highest BCUT2D eigenvalue weighted by Crippen LogP contribution is 2.09. The summed E-state index contributed by atoms with van der Waals surface area (Å²) in [5.74, 6) is -1.40. The first-order valence-electron chi connectivity index (χ1n) is 9.27. The Bertz CT molecular complexity index is 222. The SMILES string of the molecule is CCCCOC(C)(O)OCCCC.CCCCOCCOC(C)O. The fourth-order valence-electron chi connectivity index (χ4n) is 1.48. The van der Waals surface area contributed by atoms with Gasteiger partial charge in [-0.25, -0.2) is 0 Å². The van der Waals surface area contributed by atoms with Gasteiger partial charge in [-0.15, -0.1) is 0 Å². The van der Waals surface area contributed by atoms with Crippen LogP contribution in [-0.2, 0) is 18.9 Å². The quantitative estimate of drug-likeness (QED) is 0.347. The number of rotatable bonds is 15. The molecule has 24 heavy (non-hydrogen) atoms. The van der Waals surface area contributed by atoms with E-state index in [1.807, 2.05) is 0 Å². The molecule has 0 saturated heterocycles.